The van der Waals surface area contributed by atoms with Gasteiger partial charge in [-0.1, -0.05) is 13.8 Å². The van der Waals surface area contributed by atoms with Gasteiger partial charge >= 0.3 is 5.97 Å². The van der Waals surface area contributed by atoms with Crippen LogP contribution in [-0.2, 0) is 14.9 Å². The molecule has 0 aliphatic carbocycles. The molecule has 0 aliphatic heterocycles. The zero-order valence-corrected chi connectivity index (χ0v) is 11.4. The van der Waals surface area contributed by atoms with Crippen LogP contribution in [0.5, 0.6) is 0 Å². The second-order valence-electron chi connectivity index (χ2n) is 4.81. The Bertz CT molecular complexity index is 465. The van der Waals surface area contributed by atoms with Gasteiger partial charge in [0.2, 0.25) is 0 Å². The van der Waals surface area contributed by atoms with Crippen molar-refractivity contribution in [3.8, 4) is 0 Å². The fourth-order valence-corrected chi connectivity index (χ4v) is 2.18. The first-order valence-corrected chi connectivity index (χ1v) is 6.13. The predicted octanol–water partition coefficient (Wildman–Crippen LogP) is 2.52. The van der Waals surface area contributed by atoms with E-state index in [4.69, 9.17) is 5.73 Å². The fraction of sp³-hybridized carbons (Fsp3) is 0.500. The third kappa shape index (κ3) is 3.29. The van der Waals surface area contributed by atoms with Crippen molar-refractivity contribution in [1.29, 1.82) is 0 Å². The molecule has 1 aromatic rings. The van der Waals surface area contributed by atoms with E-state index < -0.39 is 29.1 Å². The number of benzene rings is 1. The Morgan fingerprint density at radius 3 is 2.63 bits per heavy atom. The van der Waals surface area contributed by atoms with Crippen molar-refractivity contribution in [2.45, 2.75) is 38.1 Å². The van der Waals surface area contributed by atoms with Crippen LogP contribution >= 0.6 is 0 Å². The molecule has 106 valence electrons. The van der Waals surface area contributed by atoms with Crippen LogP contribution < -0.4 is 5.73 Å². The van der Waals surface area contributed by atoms with Gasteiger partial charge < -0.3 is 10.5 Å². The minimum absolute atomic E-state index is 0.0983. The number of carbonyl (C=O) groups excluding carboxylic acids is 1. The molecule has 0 aromatic heterocycles. The molecule has 0 radical (unpaired) electrons. The van der Waals surface area contributed by atoms with Crippen molar-refractivity contribution in [2.24, 2.45) is 5.73 Å². The number of methoxy groups -OCH3 is 1. The maximum Gasteiger partial charge on any atom is 0.306 e. The van der Waals surface area contributed by atoms with Crippen molar-refractivity contribution in [1.82, 2.24) is 0 Å². The lowest BCUT2D eigenvalue weighted by molar-refractivity contribution is -0.142. The summed E-state index contributed by atoms with van der Waals surface area (Å²) >= 11 is 0. The third-order valence-electron chi connectivity index (χ3n) is 3.54. The SMILES string of the molecule is CCC(N)C(C)(CC(=O)OC)c1cc(F)ccc1F. The Morgan fingerprint density at radius 2 is 2.11 bits per heavy atom. The second-order valence-corrected chi connectivity index (χ2v) is 4.81. The van der Waals surface area contributed by atoms with E-state index in [9.17, 15) is 13.6 Å². The van der Waals surface area contributed by atoms with Crippen LogP contribution in [0.15, 0.2) is 18.2 Å². The summed E-state index contributed by atoms with van der Waals surface area (Å²) in [6, 6.07) is 2.69. The minimum Gasteiger partial charge on any atom is -0.469 e. The summed E-state index contributed by atoms with van der Waals surface area (Å²) in [5.41, 5.74) is 5.11. The number of halogens is 2. The molecule has 0 saturated heterocycles. The first kappa shape index (κ1) is 15.6. The van der Waals surface area contributed by atoms with E-state index in [1.165, 1.54) is 7.11 Å². The van der Waals surface area contributed by atoms with Gasteiger partial charge in [-0.3, -0.25) is 4.79 Å². The van der Waals surface area contributed by atoms with Crippen LogP contribution in [0.1, 0.15) is 32.3 Å². The number of ether oxygens (including phenoxy) is 1. The van der Waals surface area contributed by atoms with E-state index in [-0.39, 0.29) is 12.0 Å². The first-order valence-electron chi connectivity index (χ1n) is 6.13. The summed E-state index contributed by atoms with van der Waals surface area (Å²) in [5, 5.41) is 0. The number of carbonyl (C=O) groups is 1. The van der Waals surface area contributed by atoms with Gasteiger partial charge in [-0.05, 0) is 30.2 Å². The molecule has 2 atom stereocenters. The Labute approximate surface area is 111 Å². The van der Waals surface area contributed by atoms with Crippen molar-refractivity contribution in [3.05, 3.63) is 35.4 Å². The molecule has 5 heteroatoms. The highest BCUT2D eigenvalue weighted by Gasteiger charge is 2.38. The van der Waals surface area contributed by atoms with E-state index in [2.05, 4.69) is 4.74 Å². The Hall–Kier alpha value is -1.49. The number of rotatable bonds is 5. The van der Waals surface area contributed by atoms with Crippen molar-refractivity contribution < 1.29 is 18.3 Å². The van der Waals surface area contributed by atoms with Crippen molar-refractivity contribution in [2.75, 3.05) is 7.11 Å². The van der Waals surface area contributed by atoms with Gasteiger partial charge in [0, 0.05) is 11.5 Å². The Balaban J connectivity index is 3.30. The smallest absolute Gasteiger partial charge is 0.306 e. The molecular formula is C14H19F2NO2. The molecular weight excluding hydrogens is 252 g/mol. The molecule has 3 nitrogen and oxygen atoms in total. The number of hydrogen-bond donors (Lipinski definition) is 1. The van der Waals surface area contributed by atoms with E-state index in [1.807, 2.05) is 6.92 Å². The highest BCUT2D eigenvalue weighted by molar-refractivity contribution is 5.71. The van der Waals surface area contributed by atoms with Crippen LogP contribution in [0.3, 0.4) is 0 Å². The largest absolute Gasteiger partial charge is 0.469 e. The van der Waals surface area contributed by atoms with E-state index in [1.54, 1.807) is 6.92 Å². The van der Waals surface area contributed by atoms with Gasteiger partial charge in [-0.15, -0.1) is 0 Å². The van der Waals surface area contributed by atoms with Crippen LogP contribution in [0.25, 0.3) is 0 Å². The summed E-state index contributed by atoms with van der Waals surface area (Å²) in [5.74, 6) is -1.64. The van der Waals surface area contributed by atoms with Gasteiger partial charge in [0.25, 0.3) is 0 Å². The van der Waals surface area contributed by atoms with Gasteiger partial charge in [-0.25, -0.2) is 8.78 Å². The van der Waals surface area contributed by atoms with Crippen LogP contribution in [-0.4, -0.2) is 19.1 Å². The van der Waals surface area contributed by atoms with Gasteiger partial charge in [0.15, 0.2) is 0 Å². The maximum atomic E-state index is 13.9. The third-order valence-corrected chi connectivity index (χ3v) is 3.54. The van der Waals surface area contributed by atoms with E-state index >= 15 is 0 Å². The van der Waals surface area contributed by atoms with E-state index in [0.29, 0.717) is 6.42 Å². The van der Waals surface area contributed by atoms with Gasteiger partial charge in [0.1, 0.15) is 11.6 Å². The molecule has 0 saturated carbocycles. The average molecular weight is 271 g/mol. The summed E-state index contributed by atoms with van der Waals surface area (Å²) < 4.78 is 31.9. The topological polar surface area (TPSA) is 52.3 Å². The summed E-state index contributed by atoms with van der Waals surface area (Å²) in [6.45, 7) is 3.48. The van der Waals surface area contributed by atoms with Crippen molar-refractivity contribution >= 4 is 5.97 Å². The number of nitrogens with two attached hydrogens (primary N) is 1. The first-order chi connectivity index (χ1) is 8.85. The standard InChI is InChI=1S/C14H19F2NO2/c1-4-12(17)14(2,8-13(18)19-3)10-7-9(15)5-6-11(10)16/h5-7,12H,4,8,17H2,1-3H3. The second kappa shape index (κ2) is 6.10. The molecule has 0 amide bonds. The molecule has 2 unspecified atom stereocenters. The lowest BCUT2D eigenvalue weighted by Crippen LogP contribution is -2.45. The zero-order chi connectivity index (χ0) is 14.6. The van der Waals surface area contributed by atoms with Crippen molar-refractivity contribution in [3.63, 3.8) is 0 Å². The summed E-state index contributed by atoms with van der Waals surface area (Å²) in [6.07, 6.45) is 0.433. The number of hydrogen-bond acceptors (Lipinski definition) is 3. The lowest BCUT2D eigenvalue weighted by Gasteiger charge is -2.35. The van der Waals surface area contributed by atoms with Crippen LogP contribution in [0.4, 0.5) is 8.78 Å². The monoisotopic (exact) mass is 271 g/mol. The average Bonchev–Trinajstić information content (AvgIpc) is 2.40. The molecule has 0 heterocycles. The molecule has 0 fully saturated rings. The Morgan fingerprint density at radius 1 is 1.47 bits per heavy atom. The highest BCUT2D eigenvalue weighted by atomic mass is 19.1. The fourth-order valence-electron chi connectivity index (χ4n) is 2.18. The summed E-state index contributed by atoms with van der Waals surface area (Å²) in [7, 11) is 1.25. The molecule has 0 spiro atoms. The van der Waals surface area contributed by atoms with Gasteiger partial charge in [-0.2, -0.15) is 0 Å². The zero-order valence-electron chi connectivity index (χ0n) is 11.4. The molecule has 1 rings (SSSR count). The molecule has 19 heavy (non-hydrogen) atoms. The molecule has 2 N–H and O–H groups in total. The maximum absolute atomic E-state index is 13.9. The molecule has 0 aliphatic rings. The predicted molar refractivity (Wildman–Crippen MR) is 68.6 cm³/mol. The quantitative estimate of drug-likeness (QED) is 0.837. The van der Waals surface area contributed by atoms with E-state index in [0.717, 1.165) is 18.2 Å². The number of esters is 1. The van der Waals surface area contributed by atoms with Crippen LogP contribution in [0.2, 0.25) is 0 Å². The normalized spacial score (nSPS) is 15.7. The minimum atomic E-state index is -1.01. The van der Waals surface area contributed by atoms with Gasteiger partial charge in [0.05, 0.1) is 13.5 Å². The Kier molecular flexibility index (Phi) is 5.00. The lowest BCUT2D eigenvalue weighted by atomic mass is 9.72. The molecule has 0 bridgehead atoms. The van der Waals surface area contributed by atoms with Crippen LogP contribution in [0, 0.1) is 11.6 Å². The molecule has 1 aromatic carbocycles. The highest BCUT2D eigenvalue weighted by Crippen LogP contribution is 2.34. The summed E-state index contributed by atoms with van der Waals surface area (Å²) in [4.78, 5) is 11.5.